The molecule has 2 unspecified atom stereocenters. The van der Waals surface area contributed by atoms with E-state index in [2.05, 4.69) is 27.8 Å². The Kier molecular flexibility index (Phi) is 3.50. The second-order valence-corrected chi connectivity index (χ2v) is 5.30. The van der Waals surface area contributed by atoms with Gasteiger partial charge in [-0.15, -0.1) is 0 Å². The predicted octanol–water partition coefficient (Wildman–Crippen LogP) is 2.76. The Morgan fingerprint density at radius 1 is 1.50 bits per heavy atom. The molecule has 1 saturated heterocycles. The fraction of sp³-hybridized carbons (Fsp3) is 0.500. The third-order valence-corrected chi connectivity index (χ3v) is 3.87. The van der Waals surface area contributed by atoms with Crippen molar-refractivity contribution in [3.05, 3.63) is 28.5 Å². The summed E-state index contributed by atoms with van der Waals surface area (Å²) < 4.78 is 14.6. The summed E-state index contributed by atoms with van der Waals surface area (Å²) in [5.41, 5.74) is 6.63. The van der Waals surface area contributed by atoms with Gasteiger partial charge < -0.3 is 10.6 Å². The zero-order valence-electron chi connectivity index (χ0n) is 9.29. The largest absolute Gasteiger partial charge is 0.368 e. The highest BCUT2D eigenvalue weighted by Gasteiger charge is 2.25. The first-order valence-corrected chi connectivity index (χ1v) is 6.33. The first-order chi connectivity index (χ1) is 7.59. The van der Waals surface area contributed by atoms with E-state index >= 15 is 0 Å². The van der Waals surface area contributed by atoms with Crippen LogP contribution in [0.25, 0.3) is 0 Å². The average Bonchev–Trinajstić information content (AvgIpc) is 2.23. The minimum atomic E-state index is -0.169. The van der Waals surface area contributed by atoms with Gasteiger partial charge in [-0.25, -0.2) is 4.39 Å². The number of nitrogens with two attached hydrogens (primary N) is 1. The van der Waals surface area contributed by atoms with Crippen LogP contribution in [0.3, 0.4) is 0 Å². The standard InChI is InChI=1S/C12H16BrFN2/c1-8-7-16(6-5-11(8)15)12-9(13)3-2-4-10(12)14/h2-4,8,11H,5-7,15H2,1H3. The second-order valence-electron chi connectivity index (χ2n) is 4.45. The SMILES string of the molecule is CC1CN(c2c(F)cccc2Br)CCC1N. The molecule has 1 fully saturated rings. The lowest BCUT2D eigenvalue weighted by Crippen LogP contribution is -2.46. The first kappa shape index (κ1) is 11.9. The van der Waals surface area contributed by atoms with Gasteiger partial charge in [0.15, 0.2) is 0 Å². The molecule has 0 radical (unpaired) electrons. The van der Waals surface area contributed by atoms with Gasteiger partial charge in [0.05, 0.1) is 5.69 Å². The van der Waals surface area contributed by atoms with Crippen LogP contribution in [-0.2, 0) is 0 Å². The number of anilines is 1. The van der Waals surface area contributed by atoms with E-state index < -0.39 is 0 Å². The maximum absolute atomic E-state index is 13.8. The van der Waals surface area contributed by atoms with Gasteiger partial charge in [0.2, 0.25) is 0 Å². The number of para-hydroxylation sites is 1. The molecule has 0 aromatic heterocycles. The number of halogens is 2. The van der Waals surface area contributed by atoms with Gasteiger partial charge >= 0.3 is 0 Å². The predicted molar refractivity (Wildman–Crippen MR) is 68.1 cm³/mol. The van der Waals surface area contributed by atoms with Crippen molar-refractivity contribution < 1.29 is 4.39 Å². The van der Waals surface area contributed by atoms with E-state index in [4.69, 9.17) is 5.73 Å². The van der Waals surface area contributed by atoms with E-state index in [-0.39, 0.29) is 11.9 Å². The molecule has 0 amide bonds. The van der Waals surface area contributed by atoms with Crippen molar-refractivity contribution in [3.63, 3.8) is 0 Å². The summed E-state index contributed by atoms with van der Waals surface area (Å²) in [6, 6.07) is 5.32. The molecule has 1 aromatic rings. The van der Waals surface area contributed by atoms with E-state index in [0.717, 1.165) is 24.0 Å². The maximum Gasteiger partial charge on any atom is 0.147 e. The number of hydrogen-bond donors (Lipinski definition) is 1. The van der Waals surface area contributed by atoms with Crippen molar-refractivity contribution >= 4 is 21.6 Å². The molecule has 1 aliphatic rings. The van der Waals surface area contributed by atoms with Gasteiger partial charge in [0.1, 0.15) is 5.82 Å². The van der Waals surface area contributed by atoms with E-state index in [1.54, 1.807) is 6.07 Å². The van der Waals surface area contributed by atoms with Crippen LogP contribution in [0.1, 0.15) is 13.3 Å². The van der Waals surface area contributed by atoms with Crippen LogP contribution in [0.15, 0.2) is 22.7 Å². The zero-order chi connectivity index (χ0) is 11.7. The fourth-order valence-electron chi connectivity index (χ4n) is 2.16. The summed E-state index contributed by atoms with van der Waals surface area (Å²) >= 11 is 3.40. The summed E-state index contributed by atoms with van der Waals surface area (Å²) in [4.78, 5) is 2.08. The van der Waals surface area contributed by atoms with Crippen molar-refractivity contribution in [3.8, 4) is 0 Å². The Balaban J connectivity index is 2.25. The van der Waals surface area contributed by atoms with E-state index in [1.165, 1.54) is 6.07 Å². The van der Waals surface area contributed by atoms with Gasteiger partial charge in [0, 0.05) is 23.6 Å². The van der Waals surface area contributed by atoms with Crippen LogP contribution in [0, 0.1) is 11.7 Å². The molecule has 1 heterocycles. The Hall–Kier alpha value is -0.610. The monoisotopic (exact) mass is 286 g/mol. The van der Waals surface area contributed by atoms with Crippen LogP contribution in [0.2, 0.25) is 0 Å². The minimum Gasteiger partial charge on any atom is -0.368 e. The Labute approximate surface area is 104 Å². The normalized spacial score (nSPS) is 25.9. The zero-order valence-corrected chi connectivity index (χ0v) is 10.9. The molecule has 0 aliphatic carbocycles. The quantitative estimate of drug-likeness (QED) is 0.860. The molecule has 2 atom stereocenters. The Morgan fingerprint density at radius 2 is 2.25 bits per heavy atom. The van der Waals surface area contributed by atoms with Gasteiger partial charge in [-0.1, -0.05) is 13.0 Å². The van der Waals surface area contributed by atoms with E-state index in [0.29, 0.717) is 11.6 Å². The molecule has 88 valence electrons. The summed E-state index contributed by atoms with van der Waals surface area (Å²) in [7, 11) is 0. The molecule has 16 heavy (non-hydrogen) atoms. The molecule has 4 heteroatoms. The van der Waals surface area contributed by atoms with Crippen LogP contribution in [0.5, 0.6) is 0 Å². The third-order valence-electron chi connectivity index (χ3n) is 3.23. The van der Waals surface area contributed by atoms with Crippen LogP contribution in [-0.4, -0.2) is 19.1 Å². The number of nitrogens with zero attached hydrogens (tertiary/aromatic N) is 1. The van der Waals surface area contributed by atoms with E-state index in [1.807, 2.05) is 6.07 Å². The third kappa shape index (κ3) is 2.23. The van der Waals surface area contributed by atoms with Crippen molar-refractivity contribution in [2.45, 2.75) is 19.4 Å². The molecule has 2 rings (SSSR count). The number of benzene rings is 1. The highest BCUT2D eigenvalue weighted by atomic mass is 79.9. The number of rotatable bonds is 1. The van der Waals surface area contributed by atoms with Crippen molar-refractivity contribution in [2.75, 3.05) is 18.0 Å². The molecule has 1 aliphatic heterocycles. The Morgan fingerprint density at radius 3 is 2.88 bits per heavy atom. The van der Waals surface area contributed by atoms with Crippen LogP contribution < -0.4 is 10.6 Å². The van der Waals surface area contributed by atoms with Gasteiger partial charge in [-0.05, 0) is 40.4 Å². The Bertz CT molecular complexity index is 363. The van der Waals surface area contributed by atoms with Crippen molar-refractivity contribution in [1.29, 1.82) is 0 Å². The lowest BCUT2D eigenvalue weighted by molar-refractivity contribution is 0.380. The smallest absolute Gasteiger partial charge is 0.147 e. The molecule has 2 N–H and O–H groups in total. The van der Waals surface area contributed by atoms with Crippen molar-refractivity contribution in [1.82, 2.24) is 0 Å². The highest BCUT2D eigenvalue weighted by molar-refractivity contribution is 9.10. The van der Waals surface area contributed by atoms with Crippen LogP contribution >= 0.6 is 15.9 Å². The maximum atomic E-state index is 13.8. The molecular formula is C12H16BrFN2. The molecule has 1 aromatic carbocycles. The molecule has 0 saturated carbocycles. The molecule has 0 spiro atoms. The molecular weight excluding hydrogens is 271 g/mol. The van der Waals surface area contributed by atoms with Gasteiger partial charge in [-0.2, -0.15) is 0 Å². The number of hydrogen-bond acceptors (Lipinski definition) is 2. The van der Waals surface area contributed by atoms with Gasteiger partial charge in [0.25, 0.3) is 0 Å². The summed E-state index contributed by atoms with van der Waals surface area (Å²) in [6.07, 6.45) is 0.919. The average molecular weight is 287 g/mol. The fourth-order valence-corrected chi connectivity index (χ4v) is 2.75. The topological polar surface area (TPSA) is 29.3 Å². The first-order valence-electron chi connectivity index (χ1n) is 5.54. The summed E-state index contributed by atoms with van der Waals surface area (Å²) in [5.74, 6) is 0.234. The van der Waals surface area contributed by atoms with Crippen molar-refractivity contribution in [2.24, 2.45) is 11.7 Å². The minimum absolute atomic E-state index is 0.169. The van der Waals surface area contributed by atoms with Crippen LogP contribution in [0.4, 0.5) is 10.1 Å². The van der Waals surface area contributed by atoms with Gasteiger partial charge in [-0.3, -0.25) is 0 Å². The lowest BCUT2D eigenvalue weighted by atomic mass is 9.94. The van der Waals surface area contributed by atoms with E-state index in [9.17, 15) is 4.39 Å². The summed E-state index contributed by atoms with van der Waals surface area (Å²) in [6.45, 7) is 3.76. The second kappa shape index (κ2) is 4.72. The lowest BCUT2D eigenvalue weighted by Gasteiger charge is -2.37. The summed E-state index contributed by atoms with van der Waals surface area (Å²) in [5, 5.41) is 0. The molecule has 0 bridgehead atoms. The highest BCUT2D eigenvalue weighted by Crippen LogP contribution is 2.32. The number of piperidine rings is 1. The molecule has 2 nitrogen and oxygen atoms in total.